The summed E-state index contributed by atoms with van der Waals surface area (Å²) in [6, 6.07) is 11.1. The average Bonchev–Trinajstić information content (AvgIpc) is 3.24. The molecule has 0 fully saturated rings. The van der Waals surface area contributed by atoms with Gasteiger partial charge in [-0.1, -0.05) is 18.2 Å². The minimum atomic E-state index is -0.311. The van der Waals surface area contributed by atoms with E-state index >= 15 is 0 Å². The number of ether oxygens (including phenoxy) is 1. The first-order valence-electron chi connectivity index (χ1n) is 6.76. The second-order valence-electron chi connectivity index (χ2n) is 4.53. The zero-order valence-corrected chi connectivity index (χ0v) is 13.0. The van der Waals surface area contributed by atoms with Crippen LogP contribution in [0.5, 0.6) is 5.75 Å². The highest BCUT2D eigenvalue weighted by Gasteiger charge is 2.14. The standard InChI is InChI=1S/C16H13N3O3S/c1-21-12-7-4-11(5-8-12)6-9-14(20)17-16-15(18-22-19-16)13-3-2-10-23-13/h2-10H,1H3,(H,17,19,20). The Morgan fingerprint density at radius 3 is 2.78 bits per heavy atom. The van der Waals surface area contributed by atoms with Crippen LogP contribution in [0.15, 0.2) is 52.5 Å². The van der Waals surface area contributed by atoms with Crippen LogP contribution in [-0.2, 0) is 4.79 Å². The number of carbonyl (C=O) groups is 1. The van der Waals surface area contributed by atoms with Gasteiger partial charge in [-0.25, -0.2) is 4.63 Å². The Balaban J connectivity index is 1.68. The van der Waals surface area contributed by atoms with Gasteiger partial charge in [0.2, 0.25) is 11.7 Å². The first-order chi connectivity index (χ1) is 11.3. The van der Waals surface area contributed by atoms with E-state index in [0.29, 0.717) is 11.5 Å². The Hall–Kier alpha value is -2.93. The molecule has 0 spiro atoms. The second-order valence-corrected chi connectivity index (χ2v) is 5.48. The SMILES string of the molecule is COc1ccc(C=CC(=O)Nc2nonc2-c2cccs2)cc1. The van der Waals surface area contributed by atoms with Gasteiger partial charge in [0, 0.05) is 6.08 Å². The number of hydrogen-bond acceptors (Lipinski definition) is 6. The van der Waals surface area contributed by atoms with E-state index in [1.807, 2.05) is 41.8 Å². The Labute approximate surface area is 136 Å². The van der Waals surface area contributed by atoms with Crippen LogP contribution < -0.4 is 10.1 Å². The molecule has 116 valence electrons. The van der Waals surface area contributed by atoms with E-state index in [1.54, 1.807) is 13.2 Å². The summed E-state index contributed by atoms with van der Waals surface area (Å²) in [6.07, 6.45) is 3.13. The van der Waals surface area contributed by atoms with Crippen LogP contribution in [0.3, 0.4) is 0 Å². The summed E-state index contributed by atoms with van der Waals surface area (Å²) >= 11 is 1.49. The van der Waals surface area contributed by atoms with Crippen LogP contribution >= 0.6 is 11.3 Å². The summed E-state index contributed by atoms with van der Waals surface area (Å²) in [7, 11) is 1.61. The molecular formula is C16H13N3O3S. The number of thiophene rings is 1. The molecule has 0 unspecified atom stereocenters. The predicted octanol–water partition coefficient (Wildman–Crippen LogP) is 3.46. The maximum Gasteiger partial charge on any atom is 0.249 e. The molecule has 0 saturated carbocycles. The summed E-state index contributed by atoms with van der Waals surface area (Å²) in [6.45, 7) is 0. The Morgan fingerprint density at radius 1 is 1.26 bits per heavy atom. The predicted molar refractivity (Wildman–Crippen MR) is 88.3 cm³/mol. The van der Waals surface area contributed by atoms with Gasteiger partial charge in [-0.05, 0) is 45.5 Å². The van der Waals surface area contributed by atoms with E-state index in [9.17, 15) is 4.79 Å². The summed E-state index contributed by atoms with van der Waals surface area (Å²) in [5, 5.41) is 12.1. The third-order valence-electron chi connectivity index (χ3n) is 3.03. The normalized spacial score (nSPS) is 10.8. The number of nitrogens with zero attached hydrogens (tertiary/aromatic N) is 2. The van der Waals surface area contributed by atoms with Crippen molar-refractivity contribution in [1.82, 2.24) is 10.3 Å². The second kappa shape index (κ2) is 6.89. The smallest absolute Gasteiger partial charge is 0.249 e. The summed E-state index contributed by atoms with van der Waals surface area (Å²) in [5.74, 6) is 0.756. The lowest BCUT2D eigenvalue weighted by molar-refractivity contribution is -0.111. The van der Waals surface area contributed by atoms with Gasteiger partial charge in [-0.3, -0.25) is 4.79 Å². The lowest BCUT2D eigenvalue weighted by atomic mass is 10.2. The fourth-order valence-electron chi connectivity index (χ4n) is 1.89. The van der Waals surface area contributed by atoms with Crippen LogP contribution in [0.25, 0.3) is 16.6 Å². The highest BCUT2D eigenvalue weighted by atomic mass is 32.1. The number of hydrogen-bond donors (Lipinski definition) is 1. The van der Waals surface area contributed by atoms with Crippen molar-refractivity contribution in [3.8, 4) is 16.3 Å². The summed E-state index contributed by atoms with van der Waals surface area (Å²) in [4.78, 5) is 12.9. The van der Waals surface area contributed by atoms with E-state index in [-0.39, 0.29) is 5.91 Å². The molecule has 3 aromatic rings. The minimum Gasteiger partial charge on any atom is -0.497 e. The van der Waals surface area contributed by atoms with Gasteiger partial charge >= 0.3 is 0 Å². The van der Waals surface area contributed by atoms with E-state index in [2.05, 4.69) is 15.6 Å². The van der Waals surface area contributed by atoms with Crippen molar-refractivity contribution in [1.29, 1.82) is 0 Å². The van der Waals surface area contributed by atoms with Crippen LogP contribution in [0.4, 0.5) is 5.82 Å². The molecule has 0 atom stereocenters. The highest BCUT2D eigenvalue weighted by molar-refractivity contribution is 7.13. The molecule has 0 radical (unpaired) electrons. The molecule has 0 aliphatic heterocycles. The van der Waals surface area contributed by atoms with Crippen LogP contribution in [-0.4, -0.2) is 23.3 Å². The van der Waals surface area contributed by atoms with E-state index in [1.165, 1.54) is 17.4 Å². The third kappa shape index (κ3) is 3.64. The molecule has 1 N–H and O–H groups in total. The zero-order chi connectivity index (χ0) is 16.1. The van der Waals surface area contributed by atoms with Crippen molar-refractivity contribution in [3.05, 3.63) is 53.4 Å². The van der Waals surface area contributed by atoms with Crippen molar-refractivity contribution in [2.45, 2.75) is 0 Å². The van der Waals surface area contributed by atoms with Crippen molar-refractivity contribution < 1.29 is 14.2 Å². The Kier molecular flexibility index (Phi) is 4.49. The number of amides is 1. The molecule has 1 aromatic carbocycles. The lowest BCUT2D eigenvalue weighted by Gasteiger charge is -2.00. The van der Waals surface area contributed by atoms with Crippen LogP contribution in [0.2, 0.25) is 0 Å². The summed E-state index contributed by atoms with van der Waals surface area (Å²) in [5.41, 5.74) is 1.41. The number of methoxy groups -OCH3 is 1. The zero-order valence-electron chi connectivity index (χ0n) is 12.2. The maximum atomic E-state index is 12.0. The van der Waals surface area contributed by atoms with Crippen molar-refractivity contribution >= 4 is 29.1 Å². The molecule has 3 rings (SSSR count). The summed E-state index contributed by atoms with van der Waals surface area (Å²) < 4.78 is 9.80. The topological polar surface area (TPSA) is 77.2 Å². The van der Waals surface area contributed by atoms with Gasteiger partial charge in [0.15, 0.2) is 5.69 Å². The van der Waals surface area contributed by atoms with Gasteiger partial charge in [0.1, 0.15) is 5.75 Å². The van der Waals surface area contributed by atoms with Gasteiger partial charge in [0.25, 0.3) is 0 Å². The van der Waals surface area contributed by atoms with Gasteiger partial charge < -0.3 is 10.1 Å². The number of aromatic nitrogens is 2. The lowest BCUT2D eigenvalue weighted by Crippen LogP contribution is -2.08. The largest absolute Gasteiger partial charge is 0.497 e. The number of rotatable bonds is 5. The molecule has 7 heteroatoms. The minimum absolute atomic E-state index is 0.303. The maximum absolute atomic E-state index is 12.0. The molecular weight excluding hydrogens is 314 g/mol. The average molecular weight is 327 g/mol. The third-order valence-corrected chi connectivity index (χ3v) is 3.90. The van der Waals surface area contributed by atoms with Crippen molar-refractivity contribution in [2.75, 3.05) is 12.4 Å². The number of nitrogens with one attached hydrogen (secondary N) is 1. The molecule has 0 bridgehead atoms. The molecule has 2 aromatic heterocycles. The molecule has 1 amide bonds. The molecule has 2 heterocycles. The monoisotopic (exact) mass is 327 g/mol. The fourth-order valence-corrected chi connectivity index (χ4v) is 2.60. The highest BCUT2D eigenvalue weighted by Crippen LogP contribution is 2.28. The Morgan fingerprint density at radius 2 is 2.09 bits per heavy atom. The number of carbonyl (C=O) groups excluding carboxylic acids is 1. The quantitative estimate of drug-likeness (QED) is 0.726. The molecule has 6 nitrogen and oxygen atoms in total. The van der Waals surface area contributed by atoms with Gasteiger partial charge in [-0.15, -0.1) is 11.3 Å². The molecule has 0 saturated heterocycles. The van der Waals surface area contributed by atoms with E-state index in [4.69, 9.17) is 9.37 Å². The van der Waals surface area contributed by atoms with Crippen molar-refractivity contribution in [2.24, 2.45) is 0 Å². The molecule has 0 aliphatic rings. The first kappa shape index (κ1) is 15.0. The van der Waals surface area contributed by atoms with Gasteiger partial charge in [-0.2, -0.15) is 0 Å². The molecule has 0 aliphatic carbocycles. The number of benzene rings is 1. The van der Waals surface area contributed by atoms with Gasteiger partial charge in [0.05, 0.1) is 12.0 Å². The van der Waals surface area contributed by atoms with Crippen LogP contribution in [0, 0.1) is 0 Å². The number of anilines is 1. The van der Waals surface area contributed by atoms with E-state index < -0.39 is 0 Å². The Bertz CT molecular complexity index is 807. The van der Waals surface area contributed by atoms with Crippen LogP contribution in [0.1, 0.15) is 5.56 Å². The molecule has 23 heavy (non-hydrogen) atoms. The fraction of sp³-hybridized carbons (Fsp3) is 0.0625. The van der Waals surface area contributed by atoms with E-state index in [0.717, 1.165) is 16.2 Å². The first-order valence-corrected chi connectivity index (χ1v) is 7.64. The van der Waals surface area contributed by atoms with Crippen molar-refractivity contribution in [3.63, 3.8) is 0 Å².